The zero-order valence-corrected chi connectivity index (χ0v) is 76.1. The second kappa shape index (κ2) is 33.7. The zero-order valence-electron chi connectivity index (χ0n) is 76.1. The summed E-state index contributed by atoms with van der Waals surface area (Å²) in [5.74, 6) is 1.87. The highest BCUT2D eigenvalue weighted by Crippen LogP contribution is 2.46. The van der Waals surface area contributed by atoms with Crippen molar-refractivity contribution >= 4 is 152 Å². The van der Waals surface area contributed by atoms with Crippen LogP contribution < -0.4 is 0 Å². The van der Waals surface area contributed by atoms with Crippen molar-refractivity contribution in [3.63, 3.8) is 0 Å². The Hall–Kier alpha value is -18.8. The largest absolute Gasteiger partial charge is 0.309 e. The number of fused-ring (bicyclic) bond motifs is 21. The Morgan fingerprint density at radius 2 is 0.364 bits per heavy atom. The average Bonchev–Trinajstić information content (AvgIpc) is 1.57. The molecule has 29 aromatic rings. The summed E-state index contributed by atoms with van der Waals surface area (Å²) in [7, 11) is 0. The fraction of sp³-hybridized carbons (Fsp3) is 0. The number of aromatic nitrogens is 9. The molecule has 0 unspecified atom stereocenters. The maximum absolute atomic E-state index is 5.08. The van der Waals surface area contributed by atoms with E-state index in [2.05, 4.69) is 482 Å². The third-order valence-electron chi connectivity index (χ3n) is 28.2. The molecule has 29 rings (SSSR count). The molecule has 22 aromatic carbocycles. The third-order valence-corrected chi connectivity index (χ3v) is 28.2. The van der Waals surface area contributed by atoms with Gasteiger partial charge in [0.15, 0.2) is 11.6 Å². The number of rotatable bonds is 12. The average molecular weight is 1790 g/mol. The highest BCUT2D eigenvalue weighted by atomic mass is 15.2. The monoisotopic (exact) mass is 1780 g/mol. The van der Waals surface area contributed by atoms with E-state index < -0.39 is 0 Å². The molecular formula is C131H85N9. The van der Waals surface area contributed by atoms with Crippen molar-refractivity contribution < 1.29 is 0 Å². The van der Waals surface area contributed by atoms with Crippen LogP contribution in [0.25, 0.3) is 254 Å². The van der Waals surface area contributed by atoms with Crippen molar-refractivity contribution in [1.29, 1.82) is 0 Å². The van der Waals surface area contributed by atoms with E-state index in [1.807, 2.05) is 60.7 Å². The summed E-state index contributed by atoms with van der Waals surface area (Å²) in [4.78, 5) is 15.1. The Morgan fingerprint density at radius 1 is 0.121 bits per heavy atom. The van der Waals surface area contributed by atoms with Gasteiger partial charge in [-0.25, -0.2) is 4.98 Å². The van der Waals surface area contributed by atoms with Crippen LogP contribution in [-0.4, -0.2) is 42.4 Å². The fourth-order valence-corrected chi connectivity index (χ4v) is 21.7. The maximum atomic E-state index is 5.08. The summed E-state index contributed by atoms with van der Waals surface area (Å²) >= 11 is 0. The lowest BCUT2D eigenvalue weighted by atomic mass is 9.99. The second-order valence-corrected chi connectivity index (χ2v) is 36.1. The zero-order chi connectivity index (χ0) is 92.2. The molecule has 0 bridgehead atoms. The molecule has 7 aromatic heterocycles. The van der Waals surface area contributed by atoms with Crippen LogP contribution in [0.4, 0.5) is 0 Å². The van der Waals surface area contributed by atoms with Gasteiger partial charge in [0.1, 0.15) is 0 Å². The minimum atomic E-state index is 0.590. The molecule has 0 saturated carbocycles. The van der Waals surface area contributed by atoms with Gasteiger partial charge in [0, 0.05) is 104 Å². The Kier molecular flexibility index (Phi) is 19.4. The van der Waals surface area contributed by atoms with Crippen LogP contribution in [0.3, 0.4) is 0 Å². The van der Waals surface area contributed by atoms with Crippen LogP contribution in [0.2, 0.25) is 0 Å². The van der Waals surface area contributed by atoms with Gasteiger partial charge >= 0.3 is 0 Å². The molecule has 7 heterocycles. The van der Waals surface area contributed by atoms with E-state index >= 15 is 0 Å². The fourth-order valence-electron chi connectivity index (χ4n) is 21.7. The molecule has 0 radical (unpaired) electrons. The number of hydrogen-bond donors (Lipinski definition) is 0. The van der Waals surface area contributed by atoms with Gasteiger partial charge in [-0.05, 0) is 236 Å². The van der Waals surface area contributed by atoms with E-state index in [9.17, 15) is 0 Å². The molecule has 0 N–H and O–H groups in total. The minimum Gasteiger partial charge on any atom is -0.309 e. The molecule has 9 nitrogen and oxygen atoms in total. The molecule has 9 heteroatoms. The van der Waals surface area contributed by atoms with E-state index in [1.165, 1.54) is 187 Å². The standard InChI is InChI=1S/C46H30N2.C45H29N5.C40H26N2/c1-3-11-31(12-4-1)32-19-24-37(25-20-32)47-42-18-10-9-17-39(42)40-29-34(22-26-43(40)47)35-23-27-44-41(30-35)46-38-16-8-7-13-33(38)21-28-45(46)48(44)36-14-5-2-6-15-36;1-4-14-30(15-5-1)43-46-44(31-16-6-2-7-17-31)48-45(47-43)50-40-23-13-11-21-36(40)38-29-33(25-27-42(38)50)32-24-26-41-37(28-32)35-20-10-12-22-39(35)49(41)34-18-8-3-9-19-34;1-2-12-31(13-3-1)41-37-16-8-6-14-33(37)35-25-29(19-22-39(35)41)30-20-23-40-36(26-30)34-15-7-9-17-38(34)42(40)32-21-18-27-10-4-5-11-28(27)24-32/h1-30H;1-29H;1-26H. The lowest BCUT2D eigenvalue weighted by Gasteiger charge is -2.11. The smallest absolute Gasteiger partial charge is 0.238 e. The van der Waals surface area contributed by atoms with Crippen molar-refractivity contribution in [3.05, 3.63) is 516 Å². The lowest BCUT2D eigenvalue weighted by molar-refractivity contribution is 0.953. The second-order valence-electron chi connectivity index (χ2n) is 36.1. The van der Waals surface area contributed by atoms with E-state index in [0.29, 0.717) is 17.6 Å². The van der Waals surface area contributed by atoms with Crippen molar-refractivity contribution in [2.75, 3.05) is 0 Å². The van der Waals surface area contributed by atoms with Gasteiger partial charge in [0.2, 0.25) is 5.95 Å². The van der Waals surface area contributed by atoms with Crippen LogP contribution in [0.5, 0.6) is 0 Å². The molecule has 140 heavy (non-hydrogen) atoms. The molecule has 654 valence electrons. The normalized spacial score (nSPS) is 11.7. The first-order chi connectivity index (χ1) is 69.4. The molecule has 0 atom stereocenters. The van der Waals surface area contributed by atoms with Crippen molar-refractivity contribution in [1.82, 2.24) is 42.4 Å². The van der Waals surface area contributed by atoms with Crippen LogP contribution in [0.15, 0.2) is 516 Å². The molecule has 0 saturated heterocycles. The Balaban J connectivity index is 0.000000106. The summed E-state index contributed by atoms with van der Waals surface area (Å²) in [5.41, 5.74) is 31.6. The van der Waals surface area contributed by atoms with Crippen LogP contribution >= 0.6 is 0 Å². The predicted molar refractivity (Wildman–Crippen MR) is 586 cm³/mol. The van der Waals surface area contributed by atoms with E-state index in [0.717, 1.165) is 49.9 Å². The van der Waals surface area contributed by atoms with Gasteiger partial charge in [0.25, 0.3) is 0 Å². The minimum absolute atomic E-state index is 0.590. The number of benzene rings is 22. The maximum Gasteiger partial charge on any atom is 0.238 e. The van der Waals surface area contributed by atoms with Gasteiger partial charge in [-0.3, -0.25) is 4.57 Å². The van der Waals surface area contributed by atoms with Crippen molar-refractivity contribution in [3.8, 4) is 102 Å². The number of para-hydroxylation sites is 8. The van der Waals surface area contributed by atoms with Gasteiger partial charge in [-0.1, -0.05) is 346 Å². The first-order valence-corrected chi connectivity index (χ1v) is 47.8. The third kappa shape index (κ3) is 13.7. The summed E-state index contributed by atoms with van der Waals surface area (Å²) < 4.78 is 14.1. The van der Waals surface area contributed by atoms with Gasteiger partial charge in [0.05, 0.1) is 66.2 Å². The molecule has 0 aliphatic rings. The SMILES string of the molecule is c1ccc(-c2ccc(-n3c4ccccc4c4cc(-c5ccc6c(c5)c5c7ccccc7ccc5n6-c5ccccc5)ccc43)cc2)cc1.c1ccc(-c2nc(-c3ccccc3)nc(-n3c4ccccc4c4cc(-c5ccc6c(c5)c5ccccc5n6-c5ccccc5)ccc43)n2)cc1.c1ccc(-n2c3ccccc3c3cc(-c4ccc5c(c4)c4ccccc4n5-c4ccc5ccccc5c4)ccc32)cc1. The molecule has 0 aliphatic heterocycles. The Bertz CT molecular complexity index is 9860. The van der Waals surface area contributed by atoms with Crippen LogP contribution in [0.1, 0.15) is 0 Å². The van der Waals surface area contributed by atoms with Gasteiger partial charge in [-0.2, -0.15) is 9.97 Å². The molecule has 0 fully saturated rings. The summed E-state index contributed by atoms with van der Waals surface area (Å²) in [6.07, 6.45) is 0. The van der Waals surface area contributed by atoms with Gasteiger partial charge < -0.3 is 22.8 Å². The van der Waals surface area contributed by atoms with Crippen LogP contribution in [0, 0.1) is 0 Å². The first kappa shape index (κ1) is 80.8. The molecule has 0 aliphatic carbocycles. The highest BCUT2D eigenvalue weighted by Gasteiger charge is 2.25. The number of nitrogens with zero attached hydrogens (tertiary/aromatic N) is 9. The van der Waals surface area contributed by atoms with E-state index in [1.54, 1.807) is 0 Å². The first-order valence-electron chi connectivity index (χ1n) is 47.8. The summed E-state index contributed by atoms with van der Waals surface area (Å²) in [6, 6.07) is 185. The predicted octanol–water partition coefficient (Wildman–Crippen LogP) is 34.1. The quantitative estimate of drug-likeness (QED) is 0.122. The van der Waals surface area contributed by atoms with Gasteiger partial charge in [-0.15, -0.1) is 0 Å². The summed E-state index contributed by atoms with van der Waals surface area (Å²) in [5, 5.41) is 20.0. The van der Waals surface area contributed by atoms with Crippen molar-refractivity contribution in [2.24, 2.45) is 0 Å². The lowest BCUT2D eigenvalue weighted by Crippen LogP contribution is -2.06. The molecule has 0 amide bonds. The van der Waals surface area contributed by atoms with Crippen LogP contribution in [-0.2, 0) is 0 Å². The molecule has 0 spiro atoms. The van der Waals surface area contributed by atoms with E-state index in [-0.39, 0.29) is 0 Å². The Morgan fingerprint density at radius 3 is 0.757 bits per heavy atom. The number of hydrogen-bond acceptors (Lipinski definition) is 3. The highest BCUT2D eigenvalue weighted by molar-refractivity contribution is 6.23. The topological polar surface area (TPSA) is 68.2 Å². The Labute approximate surface area is 806 Å². The summed E-state index contributed by atoms with van der Waals surface area (Å²) in [6.45, 7) is 0. The molecular weight excluding hydrogens is 1700 g/mol. The van der Waals surface area contributed by atoms with Crippen molar-refractivity contribution in [2.45, 2.75) is 0 Å². The van der Waals surface area contributed by atoms with E-state index in [4.69, 9.17) is 15.0 Å².